The topological polar surface area (TPSA) is 101 Å². The van der Waals surface area contributed by atoms with E-state index in [1.54, 1.807) is 6.20 Å². The molecule has 1 aromatic heterocycles. The number of aliphatic imine (C=N–C) groups is 1. The number of aryl methyl sites for hydroxylation is 1. The van der Waals surface area contributed by atoms with Crippen LogP contribution in [0.2, 0.25) is 0 Å². The Bertz CT molecular complexity index is 867. The molecule has 1 fully saturated rings. The maximum absolute atomic E-state index is 11.5. The Morgan fingerprint density at radius 1 is 1.29 bits per heavy atom. The molecule has 0 bridgehead atoms. The minimum absolute atomic E-state index is 0. The number of nitrogens with two attached hydrogens (primary N) is 1. The van der Waals surface area contributed by atoms with Crippen LogP contribution in [0.25, 0.3) is 0 Å². The van der Waals surface area contributed by atoms with Gasteiger partial charge in [-0.25, -0.2) is 4.99 Å². The summed E-state index contributed by atoms with van der Waals surface area (Å²) in [6, 6.07) is 10.5. The van der Waals surface area contributed by atoms with Gasteiger partial charge in [0, 0.05) is 32.9 Å². The molecule has 4 N–H and O–H groups in total. The Kier molecular flexibility index (Phi) is 10.3. The smallest absolute Gasteiger partial charge is 0.221 e. The predicted octanol–water partition coefficient (Wildman–Crippen LogP) is 1.99. The van der Waals surface area contributed by atoms with E-state index in [0.717, 1.165) is 56.2 Å². The average molecular weight is 539 g/mol. The van der Waals surface area contributed by atoms with Gasteiger partial charge in [-0.05, 0) is 43.5 Å². The number of nitrogens with zero attached hydrogens (tertiary/aromatic N) is 4. The highest BCUT2D eigenvalue weighted by atomic mass is 127. The van der Waals surface area contributed by atoms with E-state index in [1.807, 2.05) is 17.8 Å². The Labute approximate surface area is 201 Å². The van der Waals surface area contributed by atoms with Crippen LogP contribution < -0.4 is 16.4 Å². The van der Waals surface area contributed by atoms with Crippen LogP contribution in [0.3, 0.4) is 0 Å². The molecule has 170 valence electrons. The number of primary amides is 1. The van der Waals surface area contributed by atoms with Crippen LogP contribution in [0.15, 0.2) is 41.5 Å². The standard InChI is InChI=1S/C22H33N7O.HI/c1-3-24-22(26-14-20-9-10-27-28(20)2)25-13-17-6-4-7-18(12-17)15-29-11-5-8-19(16-29)21(23)30;/h4,6-7,9-10,12,19H,3,5,8,11,13-16H2,1-2H3,(H2,23,30)(H2,24,25,26);1H. The van der Waals surface area contributed by atoms with E-state index in [-0.39, 0.29) is 35.8 Å². The first-order chi connectivity index (χ1) is 14.5. The van der Waals surface area contributed by atoms with Gasteiger partial charge in [0.2, 0.25) is 5.91 Å². The van der Waals surface area contributed by atoms with Crippen LogP contribution >= 0.6 is 24.0 Å². The zero-order valence-electron chi connectivity index (χ0n) is 18.4. The number of hydrogen-bond acceptors (Lipinski definition) is 4. The molecule has 9 heteroatoms. The van der Waals surface area contributed by atoms with Crippen molar-refractivity contribution in [1.29, 1.82) is 0 Å². The molecule has 1 saturated heterocycles. The van der Waals surface area contributed by atoms with Crippen LogP contribution in [0.5, 0.6) is 0 Å². The molecule has 0 radical (unpaired) electrons. The monoisotopic (exact) mass is 539 g/mol. The van der Waals surface area contributed by atoms with Gasteiger partial charge in [-0.15, -0.1) is 24.0 Å². The van der Waals surface area contributed by atoms with Gasteiger partial charge in [0.15, 0.2) is 5.96 Å². The fourth-order valence-electron chi connectivity index (χ4n) is 3.78. The van der Waals surface area contributed by atoms with Crippen molar-refractivity contribution >= 4 is 35.8 Å². The number of hydrogen-bond donors (Lipinski definition) is 3. The fourth-order valence-corrected chi connectivity index (χ4v) is 3.78. The lowest BCUT2D eigenvalue weighted by atomic mass is 9.97. The van der Waals surface area contributed by atoms with Crippen LogP contribution in [0.1, 0.15) is 36.6 Å². The molecule has 1 aliphatic rings. The molecule has 0 saturated carbocycles. The lowest BCUT2D eigenvalue weighted by molar-refractivity contribution is -0.123. The Balaban J connectivity index is 0.00000341. The summed E-state index contributed by atoms with van der Waals surface area (Å²) in [5.41, 5.74) is 9.00. The van der Waals surface area contributed by atoms with E-state index >= 15 is 0 Å². The minimum Gasteiger partial charge on any atom is -0.369 e. The third-order valence-corrected chi connectivity index (χ3v) is 5.43. The average Bonchev–Trinajstić information content (AvgIpc) is 3.15. The third-order valence-electron chi connectivity index (χ3n) is 5.43. The molecule has 8 nitrogen and oxygen atoms in total. The molecule has 31 heavy (non-hydrogen) atoms. The van der Waals surface area contributed by atoms with E-state index in [1.165, 1.54) is 5.56 Å². The van der Waals surface area contributed by atoms with Crippen molar-refractivity contribution in [3.63, 3.8) is 0 Å². The number of guanidine groups is 1. The molecule has 1 aromatic carbocycles. The number of halogens is 1. The molecule has 2 heterocycles. The number of nitrogens with one attached hydrogen (secondary N) is 2. The number of rotatable bonds is 8. The van der Waals surface area contributed by atoms with Gasteiger partial charge in [0.25, 0.3) is 0 Å². The summed E-state index contributed by atoms with van der Waals surface area (Å²) in [5.74, 6) is 0.571. The van der Waals surface area contributed by atoms with Crippen LogP contribution in [-0.4, -0.2) is 46.2 Å². The second-order valence-electron chi connectivity index (χ2n) is 7.79. The summed E-state index contributed by atoms with van der Waals surface area (Å²) in [5, 5.41) is 10.8. The van der Waals surface area contributed by atoms with E-state index in [0.29, 0.717) is 13.1 Å². The summed E-state index contributed by atoms with van der Waals surface area (Å²) in [4.78, 5) is 18.6. The number of carbonyl (C=O) groups excluding carboxylic acids is 1. The molecule has 1 atom stereocenters. The normalized spacial score (nSPS) is 17.1. The van der Waals surface area contributed by atoms with E-state index in [9.17, 15) is 4.79 Å². The van der Waals surface area contributed by atoms with Gasteiger partial charge in [-0.3, -0.25) is 14.4 Å². The highest BCUT2D eigenvalue weighted by molar-refractivity contribution is 14.0. The second-order valence-corrected chi connectivity index (χ2v) is 7.79. The fraction of sp³-hybridized carbons (Fsp3) is 0.500. The van der Waals surface area contributed by atoms with Crippen molar-refractivity contribution in [1.82, 2.24) is 25.3 Å². The van der Waals surface area contributed by atoms with Gasteiger partial charge < -0.3 is 16.4 Å². The van der Waals surface area contributed by atoms with Crippen molar-refractivity contribution in [2.24, 2.45) is 23.7 Å². The zero-order valence-corrected chi connectivity index (χ0v) is 20.7. The third kappa shape index (κ3) is 7.80. The first kappa shape index (κ1) is 25.1. The first-order valence-corrected chi connectivity index (χ1v) is 10.6. The molecule has 0 aliphatic carbocycles. The van der Waals surface area contributed by atoms with Crippen molar-refractivity contribution in [2.45, 2.75) is 39.4 Å². The molecule has 0 spiro atoms. The van der Waals surface area contributed by atoms with E-state index < -0.39 is 0 Å². The number of amides is 1. The maximum atomic E-state index is 11.5. The lowest BCUT2D eigenvalue weighted by Gasteiger charge is -2.31. The maximum Gasteiger partial charge on any atom is 0.221 e. The van der Waals surface area contributed by atoms with Crippen molar-refractivity contribution in [2.75, 3.05) is 19.6 Å². The number of aromatic nitrogens is 2. The van der Waals surface area contributed by atoms with Crippen LogP contribution in [-0.2, 0) is 31.5 Å². The van der Waals surface area contributed by atoms with Crippen LogP contribution in [0.4, 0.5) is 0 Å². The SMILES string of the molecule is CCNC(=NCc1cccc(CN2CCCC(C(N)=O)C2)c1)NCc1ccnn1C.I. The highest BCUT2D eigenvalue weighted by Crippen LogP contribution is 2.19. The van der Waals surface area contributed by atoms with Gasteiger partial charge in [0.1, 0.15) is 0 Å². The molecule has 1 unspecified atom stereocenters. The number of likely N-dealkylation sites (tertiary alicyclic amines) is 1. The van der Waals surface area contributed by atoms with Gasteiger partial charge in [-0.1, -0.05) is 24.3 Å². The molecular weight excluding hydrogens is 505 g/mol. The van der Waals surface area contributed by atoms with E-state index in [4.69, 9.17) is 10.7 Å². The van der Waals surface area contributed by atoms with Gasteiger partial charge in [0.05, 0.1) is 24.7 Å². The van der Waals surface area contributed by atoms with Crippen molar-refractivity contribution in [3.05, 3.63) is 53.3 Å². The van der Waals surface area contributed by atoms with Gasteiger partial charge in [-0.2, -0.15) is 5.10 Å². The predicted molar refractivity (Wildman–Crippen MR) is 134 cm³/mol. The number of piperidine rings is 1. The molecule has 2 aromatic rings. The number of benzene rings is 1. The van der Waals surface area contributed by atoms with Crippen molar-refractivity contribution < 1.29 is 4.79 Å². The Hall–Kier alpha value is -2.14. The lowest BCUT2D eigenvalue weighted by Crippen LogP contribution is -2.40. The zero-order chi connectivity index (χ0) is 21.3. The van der Waals surface area contributed by atoms with E-state index in [2.05, 4.69) is 51.8 Å². The summed E-state index contributed by atoms with van der Waals surface area (Å²) >= 11 is 0. The Morgan fingerprint density at radius 3 is 2.81 bits per heavy atom. The molecule has 1 aliphatic heterocycles. The largest absolute Gasteiger partial charge is 0.369 e. The second kappa shape index (κ2) is 12.7. The minimum atomic E-state index is -0.183. The summed E-state index contributed by atoms with van der Waals surface area (Å²) < 4.78 is 1.85. The summed E-state index contributed by atoms with van der Waals surface area (Å²) in [6.07, 6.45) is 3.71. The summed E-state index contributed by atoms with van der Waals surface area (Å²) in [7, 11) is 1.93. The van der Waals surface area contributed by atoms with Crippen LogP contribution in [0, 0.1) is 5.92 Å². The first-order valence-electron chi connectivity index (χ1n) is 10.6. The van der Waals surface area contributed by atoms with Crippen molar-refractivity contribution in [3.8, 4) is 0 Å². The summed E-state index contributed by atoms with van der Waals surface area (Å²) in [6.45, 7) is 6.71. The quantitative estimate of drug-likeness (QED) is 0.271. The van der Waals surface area contributed by atoms with Gasteiger partial charge >= 0.3 is 0 Å². The molecule has 1 amide bonds. The highest BCUT2D eigenvalue weighted by Gasteiger charge is 2.23. The Morgan fingerprint density at radius 2 is 2.10 bits per heavy atom. The number of carbonyl (C=O) groups is 1. The molecular formula is C22H34IN7O. The molecule has 3 rings (SSSR count).